The molecule has 186 valence electrons. The quantitative estimate of drug-likeness (QED) is 0.180. The largest absolute Gasteiger partial charge is 0.465 e. The van der Waals surface area contributed by atoms with Gasteiger partial charge in [0.1, 0.15) is 11.1 Å². The normalized spacial score (nSPS) is 11.9. The number of nitrogens with one attached hydrogen (secondary N) is 1. The van der Waals surface area contributed by atoms with Crippen LogP contribution in [0.3, 0.4) is 0 Å². The van der Waals surface area contributed by atoms with Gasteiger partial charge in [-0.15, -0.1) is 16.7 Å². The van der Waals surface area contributed by atoms with Crippen molar-refractivity contribution in [1.29, 1.82) is 0 Å². The minimum Gasteiger partial charge on any atom is -0.465 e. The smallest absolute Gasteiger partial charge is 0.419 e. The predicted molar refractivity (Wildman–Crippen MR) is 127 cm³/mol. The van der Waals surface area contributed by atoms with Crippen LogP contribution in [0, 0.1) is 0 Å². The Balaban J connectivity index is 2.67. The van der Waals surface area contributed by atoms with E-state index in [1.54, 1.807) is 55.5 Å². The Labute approximate surface area is 207 Å². The van der Waals surface area contributed by atoms with Gasteiger partial charge in [0.05, 0.1) is 32.2 Å². The Bertz CT molecular complexity index is 1080. The highest BCUT2D eigenvalue weighted by Crippen LogP contribution is 2.35. The number of hydrogen-bond donors (Lipinski definition) is 1. The molecule has 2 amide bonds. The molecular weight excluding hydrogens is 480 g/mol. The third-order valence-corrected chi connectivity index (χ3v) is 4.72. The number of azo groups is 1. The first-order chi connectivity index (χ1) is 16.7. The molecule has 2 aromatic rings. The van der Waals surface area contributed by atoms with Gasteiger partial charge in [0.15, 0.2) is 0 Å². The van der Waals surface area contributed by atoms with Crippen LogP contribution >= 0.6 is 11.6 Å². The lowest BCUT2D eigenvalue weighted by Crippen LogP contribution is -2.60. The maximum Gasteiger partial charge on any atom is 0.419 e. The molecule has 1 atom stereocenters. The number of ether oxygens (including phenoxy) is 3. The maximum absolute atomic E-state index is 12.8. The number of benzene rings is 2. The third-order valence-electron chi connectivity index (χ3n) is 4.52. The van der Waals surface area contributed by atoms with E-state index in [2.05, 4.69) is 25.0 Å². The van der Waals surface area contributed by atoms with Crippen molar-refractivity contribution < 1.29 is 33.4 Å². The summed E-state index contributed by atoms with van der Waals surface area (Å²) in [5.41, 5.74) is -1.93. The van der Waals surface area contributed by atoms with Crippen LogP contribution in [0.5, 0.6) is 0 Å². The highest BCUT2D eigenvalue weighted by molar-refractivity contribution is 6.31. The first kappa shape index (κ1) is 27.3. The van der Waals surface area contributed by atoms with E-state index < -0.39 is 35.0 Å². The van der Waals surface area contributed by atoms with Gasteiger partial charge >= 0.3 is 23.7 Å². The van der Waals surface area contributed by atoms with Crippen molar-refractivity contribution in [2.24, 2.45) is 10.2 Å². The zero-order chi connectivity index (χ0) is 26.0. The Hall–Kier alpha value is -3.99. The summed E-state index contributed by atoms with van der Waals surface area (Å²) in [4.78, 5) is 51.6. The van der Waals surface area contributed by atoms with Gasteiger partial charge in [-0.2, -0.15) is 5.11 Å². The zero-order valence-corrected chi connectivity index (χ0v) is 20.3. The summed E-state index contributed by atoms with van der Waals surface area (Å²) < 4.78 is 14.6. The molecule has 0 fully saturated rings. The average Bonchev–Trinajstić information content (AvgIpc) is 2.87. The van der Waals surface area contributed by atoms with Crippen LogP contribution in [0.25, 0.3) is 0 Å². The number of alkyl halides is 1. The molecule has 0 aliphatic rings. The topological polar surface area (TPSA) is 136 Å². The standard InChI is InChI=1S/C23H25ClN4O7/c1-5-35-22(32)28(16-11-7-6-8-12-16)18-14-10-9-13-17(18)26-27-23(20(30)33-3,21(31)34-4)25-19(29)15(2)24/h6-15H,5H2,1-4H3,(H,25,29). The van der Waals surface area contributed by atoms with Gasteiger partial charge in [0.2, 0.25) is 5.91 Å². The minimum absolute atomic E-state index is 0.0646. The Morgan fingerprint density at radius 2 is 1.57 bits per heavy atom. The van der Waals surface area contributed by atoms with E-state index in [9.17, 15) is 19.2 Å². The molecule has 0 aliphatic carbocycles. The molecule has 0 saturated carbocycles. The molecule has 2 rings (SSSR count). The van der Waals surface area contributed by atoms with Crippen LogP contribution in [0.1, 0.15) is 13.8 Å². The molecule has 0 bridgehead atoms. The van der Waals surface area contributed by atoms with Crippen LogP contribution in [0.2, 0.25) is 0 Å². The lowest BCUT2D eigenvalue weighted by Gasteiger charge is -2.25. The lowest BCUT2D eigenvalue weighted by molar-refractivity contribution is -0.165. The second-order valence-corrected chi connectivity index (χ2v) is 7.51. The van der Waals surface area contributed by atoms with Crippen molar-refractivity contribution in [2.45, 2.75) is 24.9 Å². The highest BCUT2D eigenvalue weighted by Gasteiger charge is 2.52. The van der Waals surface area contributed by atoms with E-state index in [0.717, 1.165) is 14.2 Å². The second-order valence-electron chi connectivity index (χ2n) is 6.86. The Morgan fingerprint density at radius 1 is 1.00 bits per heavy atom. The van der Waals surface area contributed by atoms with E-state index in [-0.39, 0.29) is 18.0 Å². The number of carbonyl (C=O) groups excluding carboxylic acids is 4. The maximum atomic E-state index is 12.8. The van der Waals surface area contributed by atoms with Crippen LogP contribution in [0.15, 0.2) is 64.8 Å². The van der Waals surface area contributed by atoms with E-state index >= 15 is 0 Å². The highest BCUT2D eigenvalue weighted by atomic mass is 35.5. The third kappa shape index (κ3) is 6.33. The molecule has 0 heterocycles. The van der Waals surface area contributed by atoms with E-state index in [1.165, 1.54) is 17.9 Å². The summed E-state index contributed by atoms with van der Waals surface area (Å²) in [6.45, 7) is 3.11. The number of amides is 2. The number of para-hydroxylation sites is 2. The van der Waals surface area contributed by atoms with Crippen molar-refractivity contribution in [1.82, 2.24) is 5.32 Å². The number of methoxy groups -OCH3 is 2. The number of rotatable bonds is 9. The van der Waals surface area contributed by atoms with Crippen molar-refractivity contribution in [3.05, 3.63) is 54.6 Å². The summed E-state index contributed by atoms with van der Waals surface area (Å²) in [7, 11) is 2.00. The number of nitrogens with zero attached hydrogens (tertiary/aromatic N) is 3. The zero-order valence-electron chi connectivity index (χ0n) is 19.6. The molecule has 11 nitrogen and oxygen atoms in total. The molecule has 12 heteroatoms. The fourth-order valence-electron chi connectivity index (χ4n) is 2.84. The Morgan fingerprint density at radius 3 is 2.11 bits per heavy atom. The van der Waals surface area contributed by atoms with E-state index in [4.69, 9.17) is 16.3 Å². The SMILES string of the molecule is CCOC(=O)N(c1ccccc1)c1ccccc1N=NC(NC(=O)C(C)Cl)(C(=O)OC)C(=O)OC. The predicted octanol–water partition coefficient (Wildman–Crippen LogP) is 3.85. The summed E-state index contributed by atoms with van der Waals surface area (Å²) in [5, 5.41) is 8.89. The first-order valence-corrected chi connectivity index (χ1v) is 10.8. The first-order valence-electron chi connectivity index (χ1n) is 10.4. The summed E-state index contributed by atoms with van der Waals surface area (Å²) in [6.07, 6.45) is -0.696. The van der Waals surface area contributed by atoms with Crippen LogP contribution in [-0.4, -0.2) is 55.8 Å². The molecule has 2 aromatic carbocycles. The number of anilines is 2. The fourth-order valence-corrected chi connectivity index (χ4v) is 2.89. The van der Waals surface area contributed by atoms with Gasteiger partial charge < -0.3 is 19.5 Å². The molecule has 1 unspecified atom stereocenters. The monoisotopic (exact) mass is 504 g/mol. The summed E-state index contributed by atoms with van der Waals surface area (Å²) in [6, 6.07) is 14.9. The van der Waals surface area contributed by atoms with Crippen molar-refractivity contribution in [3.63, 3.8) is 0 Å². The summed E-state index contributed by atoms with van der Waals surface area (Å²) in [5.74, 6) is -3.42. The van der Waals surface area contributed by atoms with Gasteiger partial charge in [0, 0.05) is 0 Å². The van der Waals surface area contributed by atoms with E-state index in [1.807, 2.05) is 0 Å². The second kappa shape index (κ2) is 12.5. The molecule has 0 saturated heterocycles. The van der Waals surface area contributed by atoms with Crippen molar-refractivity contribution in [3.8, 4) is 0 Å². The number of hydrogen-bond acceptors (Lipinski definition) is 9. The number of carbonyl (C=O) groups is 4. The molecule has 1 N–H and O–H groups in total. The molecular formula is C23H25ClN4O7. The van der Waals surface area contributed by atoms with Gasteiger partial charge in [-0.3, -0.25) is 4.79 Å². The minimum atomic E-state index is -2.68. The van der Waals surface area contributed by atoms with Gasteiger partial charge in [-0.05, 0) is 38.1 Å². The van der Waals surface area contributed by atoms with E-state index in [0.29, 0.717) is 5.69 Å². The summed E-state index contributed by atoms with van der Waals surface area (Å²) >= 11 is 5.80. The lowest BCUT2D eigenvalue weighted by atomic mass is 10.1. The van der Waals surface area contributed by atoms with Gasteiger partial charge in [-0.25, -0.2) is 19.3 Å². The molecule has 0 aromatic heterocycles. The van der Waals surface area contributed by atoms with Gasteiger partial charge in [0.25, 0.3) is 0 Å². The van der Waals surface area contributed by atoms with Crippen molar-refractivity contribution in [2.75, 3.05) is 25.7 Å². The van der Waals surface area contributed by atoms with Crippen LogP contribution in [-0.2, 0) is 28.6 Å². The van der Waals surface area contributed by atoms with Gasteiger partial charge in [-0.1, -0.05) is 30.3 Å². The Kier molecular flexibility index (Phi) is 9.71. The van der Waals surface area contributed by atoms with Crippen LogP contribution < -0.4 is 10.2 Å². The molecule has 0 radical (unpaired) electrons. The number of halogens is 1. The molecule has 35 heavy (non-hydrogen) atoms. The van der Waals surface area contributed by atoms with Crippen molar-refractivity contribution >= 4 is 52.6 Å². The molecule has 0 aliphatic heterocycles. The number of esters is 2. The molecule has 0 spiro atoms. The van der Waals surface area contributed by atoms with Crippen LogP contribution in [0.4, 0.5) is 21.9 Å². The average molecular weight is 505 g/mol. The fraction of sp³-hybridized carbons (Fsp3) is 0.304.